The quantitative estimate of drug-likeness (QED) is 0.655. The van der Waals surface area contributed by atoms with E-state index in [4.69, 9.17) is 5.73 Å². The minimum Gasteiger partial charge on any atom is -0.383 e. The molecule has 1 unspecified atom stereocenters. The number of hydrogen-bond donors (Lipinski definition) is 3. The van der Waals surface area contributed by atoms with Crippen molar-refractivity contribution >= 4 is 29.2 Å². The van der Waals surface area contributed by atoms with Gasteiger partial charge in [0.15, 0.2) is 0 Å². The zero-order valence-electron chi connectivity index (χ0n) is 18.1. The summed E-state index contributed by atoms with van der Waals surface area (Å²) in [7, 11) is 0. The van der Waals surface area contributed by atoms with Crippen LogP contribution in [-0.2, 0) is 14.4 Å². The molecule has 3 rings (SSSR count). The van der Waals surface area contributed by atoms with Gasteiger partial charge in [-0.05, 0) is 68.9 Å². The number of nitrogens with one attached hydrogen (secondary N) is 2. The largest absolute Gasteiger partial charge is 0.383 e. The second-order valence-corrected chi connectivity index (χ2v) is 8.90. The summed E-state index contributed by atoms with van der Waals surface area (Å²) in [6.45, 7) is 6.07. The van der Waals surface area contributed by atoms with Gasteiger partial charge in [-0.3, -0.25) is 14.4 Å². The summed E-state index contributed by atoms with van der Waals surface area (Å²) in [4.78, 5) is 42.9. The van der Waals surface area contributed by atoms with Crippen LogP contribution in [0.1, 0.15) is 57.9 Å². The van der Waals surface area contributed by atoms with Crippen molar-refractivity contribution in [2.24, 2.45) is 11.8 Å². The molecule has 1 aliphatic carbocycles. The number of piperidine rings is 1. The van der Waals surface area contributed by atoms with Crippen LogP contribution in [0, 0.1) is 18.8 Å². The predicted molar refractivity (Wildman–Crippen MR) is 115 cm³/mol. The lowest BCUT2D eigenvalue weighted by Gasteiger charge is -2.44. The van der Waals surface area contributed by atoms with Crippen molar-refractivity contribution in [3.05, 3.63) is 17.8 Å². The normalized spacial score (nSPS) is 26.7. The van der Waals surface area contributed by atoms with E-state index in [0.29, 0.717) is 29.9 Å². The molecule has 0 aromatic carbocycles. The van der Waals surface area contributed by atoms with Gasteiger partial charge in [0, 0.05) is 25.6 Å². The molecular weight excluding hydrogens is 382 g/mol. The van der Waals surface area contributed by atoms with Crippen LogP contribution >= 0.6 is 0 Å². The van der Waals surface area contributed by atoms with Crippen LogP contribution in [0.25, 0.3) is 0 Å². The standard InChI is InChI=1S/C22H33N5O3/c1-13-4-9-19(16-5-7-17(8-6-16)25-15(3)28)27(12-13)22(30)21(29)26-18-10-14(2)20(23)24-11-18/h10-11,13,16-17,19H,4-9,12H2,1-3H3,(H2,23,24)(H,25,28)(H,26,29)/t13-,16-,17+,19?/m1/s1. The van der Waals surface area contributed by atoms with E-state index in [1.165, 1.54) is 6.20 Å². The Labute approximate surface area is 178 Å². The van der Waals surface area contributed by atoms with Gasteiger partial charge in [0.05, 0.1) is 11.9 Å². The average Bonchev–Trinajstić information content (AvgIpc) is 2.70. The molecule has 1 aliphatic heterocycles. The van der Waals surface area contributed by atoms with Crippen molar-refractivity contribution in [1.82, 2.24) is 15.2 Å². The molecule has 2 atom stereocenters. The molecule has 3 amide bonds. The second-order valence-electron chi connectivity index (χ2n) is 8.90. The van der Waals surface area contributed by atoms with Gasteiger partial charge >= 0.3 is 11.8 Å². The lowest BCUT2D eigenvalue weighted by molar-refractivity contribution is -0.147. The molecule has 0 spiro atoms. The number of pyridine rings is 1. The first-order valence-electron chi connectivity index (χ1n) is 10.9. The monoisotopic (exact) mass is 415 g/mol. The van der Waals surface area contributed by atoms with Gasteiger partial charge < -0.3 is 21.3 Å². The Morgan fingerprint density at radius 1 is 1.13 bits per heavy atom. The van der Waals surface area contributed by atoms with E-state index >= 15 is 0 Å². The van der Waals surface area contributed by atoms with E-state index < -0.39 is 11.8 Å². The summed E-state index contributed by atoms with van der Waals surface area (Å²) in [5.41, 5.74) is 6.95. The highest BCUT2D eigenvalue weighted by molar-refractivity contribution is 6.39. The summed E-state index contributed by atoms with van der Waals surface area (Å²) in [5, 5.41) is 5.68. The summed E-state index contributed by atoms with van der Waals surface area (Å²) in [6.07, 6.45) is 7.18. The SMILES string of the molecule is CC(=O)N[C@H]1CC[C@@H](C2CC[C@@H](C)CN2C(=O)C(=O)Nc2cnc(N)c(C)c2)CC1. The maximum Gasteiger partial charge on any atom is 0.313 e. The number of nitrogens with two attached hydrogens (primary N) is 1. The Hall–Kier alpha value is -2.64. The highest BCUT2D eigenvalue weighted by atomic mass is 16.2. The van der Waals surface area contributed by atoms with Gasteiger partial charge in [0.1, 0.15) is 5.82 Å². The summed E-state index contributed by atoms with van der Waals surface area (Å²) in [6, 6.07) is 2.01. The molecule has 2 fully saturated rings. The van der Waals surface area contributed by atoms with Crippen molar-refractivity contribution < 1.29 is 14.4 Å². The van der Waals surface area contributed by atoms with Crippen LogP contribution in [0.5, 0.6) is 0 Å². The number of carbonyl (C=O) groups excluding carboxylic acids is 3. The van der Waals surface area contributed by atoms with Crippen LogP contribution < -0.4 is 16.4 Å². The van der Waals surface area contributed by atoms with Crippen molar-refractivity contribution in [1.29, 1.82) is 0 Å². The van der Waals surface area contributed by atoms with Gasteiger partial charge in [0.25, 0.3) is 0 Å². The Kier molecular flexibility index (Phi) is 6.95. The summed E-state index contributed by atoms with van der Waals surface area (Å²) < 4.78 is 0. The minimum absolute atomic E-state index is 0.00538. The van der Waals surface area contributed by atoms with Crippen LogP contribution in [0.3, 0.4) is 0 Å². The number of amides is 3. The Morgan fingerprint density at radius 3 is 2.47 bits per heavy atom. The Balaban J connectivity index is 1.66. The van der Waals surface area contributed by atoms with E-state index in [1.807, 2.05) is 0 Å². The van der Waals surface area contributed by atoms with Crippen molar-refractivity contribution in [2.75, 3.05) is 17.6 Å². The molecule has 0 bridgehead atoms. The lowest BCUT2D eigenvalue weighted by Crippen LogP contribution is -2.54. The van der Waals surface area contributed by atoms with Crippen molar-refractivity contribution in [3.63, 3.8) is 0 Å². The fourth-order valence-electron chi connectivity index (χ4n) is 4.80. The van der Waals surface area contributed by atoms with Gasteiger partial charge in [0.2, 0.25) is 5.91 Å². The van der Waals surface area contributed by atoms with Gasteiger partial charge in [-0.1, -0.05) is 6.92 Å². The number of aryl methyl sites for hydroxylation is 1. The topological polar surface area (TPSA) is 117 Å². The molecule has 1 aromatic heterocycles. The molecule has 2 aliphatic rings. The maximum absolute atomic E-state index is 13.1. The number of nitrogen functional groups attached to an aromatic ring is 1. The molecule has 1 saturated carbocycles. The number of anilines is 2. The molecule has 164 valence electrons. The number of hydrogen-bond acceptors (Lipinski definition) is 5. The number of nitrogens with zero attached hydrogens (tertiary/aromatic N) is 2. The maximum atomic E-state index is 13.1. The molecular formula is C22H33N5O3. The van der Waals surface area contributed by atoms with E-state index in [1.54, 1.807) is 24.8 Å². The lowest BCUT2D eigenvalue weighted by atomic mass is 9.77. The molecule has 2 heterocycles. The Morgan fingerprint density at radius 2 is 1.83 bits per heavy atom. The van der Waals surface area contributed by atoms with E-state index in [9.17, 15) is 14.4 Å². The molecule has 8 heteroatoms. The average molecular weight is 416 g/mol. The third kappa shape index (κ3) is 5.29. The van der Waals surface area contributed by atoms with Crippen LogP contribution in [0.15, 0.2) is 12.3 Å². The molecule has 30 heavy (non-hydrogen) atoms. The molecule has 0 radical (unpaired) electrons. The molecule has 1 aromatic rings. The summed E-state index contributed by atoms with van der Waals surface area (Å²) >= 11 is 0. The zero-order valence-corrected chi connectivity index (χ0v) is 18.1. The van der Waals surface area contributed by atoms with Crippen LogP contribution in [0.2, 0.25) is 0 Å². The highest BCUT2D eigenvalue weighted by Crippen LogP contribution is 2.35. The minimum atomic E-state index is -0.632. The van der Waals surface area contributed by atoms with Crippen LogP contribution in [0.4, 0.5) is 11.5 Å². The predicted octanol–water partition coefficient (Wildman–Crippen LogP) is 2.23. The highest BCUT2D eigenvalue weighted by Gasteiger charge is 2.39. The Bertz CT molecular complexity index is 804. The summed E-state index contributed by atoms with van der Waals surface area (Å²) in [5.74, 6) is 0.0239. The smallest absolute Gasteiger partial charge is 0.313 e. The zero-order chi connectivity index (χ0) is 21.8. The van der Waals surface area contributed by atoms with Crippen molar-refractivity contribution in [2.45, 2.75) is 71.4 Å². The van der Waals surface area contributed by atoms with Crippen molar-refractivity contribution in [3.8, 4) is 0 Å². The number of rotatable bonds is 3. The fourth-order valence-corrected chi connectivity index (χ4v) is 4.80. The van der Waals surface area contributed by atoms with E-state index in [-0.39, 0.29) is 18.0 Å². The third-order valence-corrected chi connectivity index (χ3v) is 6.42. The van der Waals surface area contributed by atoms with Gasteiger partial charge in [-0.25, -0.2) is 4.98 Å². The number of likely N-dealkylation sites (tertiary alicyclic amines) is 1. The fraction of sp³-hybridized carbons (Fsp3) is 0.636. The molecule has 1 saturated heterocycles. The number of carbonyl (C=O) groups is 3. The molecule has 8 nitrogen and oxygen atoms in total. The van der Waals surface area contributed by atoms with Crippen LogP contribution in [-0.4, -0.2) is 46.2 Å². The van der Waals surface area contributed by atoms with Gasteiger partial charge in [-0.2, -0.15) is 0 Å². The second kappa shape index (κ2) is 9.45. The molecule has 4 N–H and O–H groups in total. The first-order valence-corrected chi connectivity index (χ1v) is 10.9. The first kappa shape index (κ1) is 22.1. The van der Waals surface area contributed by atoms with E-state index in [2.05, 4.69) is 22.5 Å². The van der Waals surface area contributed by atoms with Gasteiger partial charge in [-0.15, -0.1) is 0 Å². The first-order chi connectivity index (χ1) is 14.2. The van der Waals surface area contributed by atoms with E-state index in [0.717, 1.165) is 44.1 Å². The number of aromatic nitrogens is 1. The third-order valence-electron chi connectivity index (χ3n) is 6.42.